The van der Waals surface area contributed by atoms with E-state index in [2.05, 4.69) is 5.32 Å². The molecule has 118 valence electrons. The van der Waals surface area contributed by atoms with E-state index >= 15 is 0 Å². The molecule has 2 N–H and O–H groups in total. The number of carboxylic acid groups (broad SMARTS) is 1. The summed E-state index contributed by atoms with van der Waals surface area (Å²) in [6.07, 6.45) is 3.22. The number of rotatable bonds is 3. The van der Waals surface area contributed by atoms with Gasteiger partial charge in [-0.2, -0.15) is 0 Å². The summed E-state index contributed by atoms with van der Waals surface area (Å²) in [6, 6.07) is -0.134. The second kappa shape index (κ2) is 6.78. The number of hydrogen-bond acceptors (Lipinski definition) is 4. The first-order chi connectivity index (χ1) is 10.0. The number of ether oxygens (including phenoxy) is 1. The number of nitrogens with one attached hydrogen (secondary N) is 1. The number of carbonyl (C=O) groups is 3. The zero-order valence-corrected chi connectivity index (χ0v) is 12.2. The van der Waals surface area contributed by atoms with Crippen molar-refractivity contribution in [3.05, 3.63) is 0 Å². The number of hydrogen-bond donors (Lipinski definition) is 2. The van der Waals surface area contributed by atoms with Gasteiger partial charge in [0.1, 0.15) is 0 Å². The van der Waals surface area contributed by atoms with Gasteiger partial charge in [-0.15, -0.1) is 0 Å². The van der Waals surface area contributed by atoms with Gasteiger partial charge in [0.05, 0.1) is 18.9 Å². The first-order valence-corrected chi connectivity index (χ1v) is 7.37. The number of aliphatic carboxylic acids is 1. The molecule has 0 aromatic rings. The average molecular weight is 298 g/mol. The highest BCUT2D eigenvalue weighted by Gasteiger charge is 2.33. The minimum absolute atomic E-state index is 0.0327. The van der Waals surface area contributed by atoms with Gasteiger partial charge in [-0.25, -0.2) is 4.79 Å². The number of methoxy groups -OCH3 is 1. The molecule has 1 aliphatic heterocycles. The van der Waals surface area contributed by atoms with Crippen molar-refractivity contribution in [2.24, 2.45) is 11.8 Å². The van der Waals surface area contributed by atoms with Gasteiger partial charge in [0.15, 0.2) is 0 Å². The van der Waals surface area contributed by atoms with Crippen LogP contribution < -0.4 is 5.32 Å². The zero-order chi connectivity index (χ0) is 15.4. The third-order valence-electron chi connectivity index (χ3n) is 4.41. The molecular weight excluding hydrogens is 276 g/mol. The molecule has 1 atom stereocenters. The van der Waals surface area contributed by atoms with Crippen LogP contribution in [0.15, 0.2) is 0 Å². The summed E-state index contributed by atoms with van der Waals surface area (Å²) < 4.78 is 4.69. The van der Waals surface area contributed by atoms with Crippen LogP contribution in [0, 0.1) is 11.8 Å². The van der Waals surface area contributed by atoms with Crippen LogP contribution in [0.1, 0.15) is 32.1 Å². The Morgan fingerprint density at radius 2 is 1.76 bits per heavy atom. The SMILES string of the molecule is COC(=O)C1CCN(C(=O)NC2CCC(C(=O)O)CC2)C1. The van der Waals surface area contributed by atoms with Gasteiger partial charge < -0.3 is 20.1 Å². The molecule has 1 unspecified atom stereocenters. The predicted molar refractivity (Wildman–Crippen MR) is 73.6 cm³/mol. The van der Waals surface area contributed by atoms with E-state index in [4.69, 9.17) is 9.84 Å². The Hall–Kier alpha value is -1.79. The maximum Gasteiger partial charge on any atom is 0.317 e. The van der Waals surface area contributed by atoms with E-state index in [-0.39, 0.29) is 29.9 Å². The second-order valence-electron chi connectivity index (χ2n) is 5.79. The van der Waals surface area contributed by atoms with Crippen molar-refractivity contribution < 1.29 is 24.2 Å². The third-order valence-corrected chi connectivity index (χ3v) is 4.41. The summed E-state index contributed by atoms with van der Waals surface area (Å²) in [7, 11) is 1.35. The lowest BCUT2D eigenvalue weighted by molar-refractivity contribution is -0.145. The summed E-state index contributed by atoms with van der Waals surface area (Å²) in [4.78, 5) is 36.1. The minimum Gasteiger partial charge on any atom is -0.481 e. The fourth-order valence-corrected chi connectivity index (χ4v) is 3.05. The molecule has 1 saturated carbocycles. The van der Waals surface area contributed by atoms with Crippen LogP contribution in [0.4, 0.5) is 4.79 Å². The zero-order valence-electron chi connectivity index (χ0n) is 12.2. The lowest BCUT2D eigenvalue weighted by Gasteiger charge is -2.28. The van der Waals surface area contributed by atoms with Crippen LogP contribution in [0.3, 0.4) is 0 Å². The predicted octanol–water partition coefficient (Wildman–Crippen LogP) is 0.834. The Labute approximate surface area is 123 Å². The number of urea groups is 1. The van der Waals surface area contributed by atoms with Gasteiger partial charge in [-0.3, -0.25) is 9.59 Å². The van der Waals surface area contributed by atoms with Crippen LogP contribution in [0.5, 0.6) is 0 Å². The first kappa shape index (κ1) is 15.6. The van der Waals surface area contributed by atoms with Gasteiger partial charge in [-0.05, 0) is 32.1 Å². The molecule has 2 aliphatic rings. The van der Waals surface area contributed by atoms with Crippen LogP contribution in [0.25, 0.3) is 0 Å². The van der Waals surface area contributed by atoms with E-state index in [0.717, 1.165) is 0 Å². The van der Waals surface area contributed by atoms with Crippen molar-refractivity contribution >= 4 is 18.0 Å². The van der Waals surface area contributed by atoms with Gasteiger partial charge >= 0.3 is 18.0 Å². The summed E-state index contributed by atoms with van der Waals surface area (Å²) in [5.74, 6) is -1.54. The quantitative estimate of drug-likeness (QED) is 0.753. The molecule has 1 aliphatic carbocycles. The number of esters is 1. The molecule has 1 saturated heterocycles. The highest BCUT2D eigenvalue weighted by atomic mass is 16.5. The lowest BCUT2D eigenvalue weighted by atomic mass is 9.86. The Balaban J connectivity index is 1.76. The Morgan fingerprint density at radius 3 is 2.33 bits per heavy atom. The van der Waals surface area contributed by atoms with Gasteiger partial charge in [0.2, 0.25) is 0 Å². The number of nitrogens with zero attached hydrogens (tertiary/aromatic N) is 1. The smallest absolute Gasteiger partial charge is 0.317 e. The highest BCUT2D eigenvalue weighted by Crippen LogP contribution is 2.25. The lowest BCUT2D eigenvalue weighted by Crippen LogP contribution is -2.45. The molecule has 2 rings (SSSR count). The fourth-order valence-electron chi connectivity index (χ4n) is 3.05. The molecule has 21 heavy (non-hydrogen) atoms. The normalized spacial score (nSPS) is 29.0. The van der Waals surface area contributed by atoms with E-state index in [0.29, 0.717) is 45.2 Å². The Morgan fingerprint density at radius 1 is 1.10 bits per heavy atom. The maximum absolute atomic E-state index is 12.1. The fraction of sp³-hybridized carbons (Fsp3) is 0.786. The van der Waals surface area contributed by atoms with Crippen LogP contribution in [-0.2, 0) is 14.3 Å². The molecule has 2 amide bonds. The van der Waals surface area contributed by atoms with Crippen molar-refractivity contribution in [1.29, 1.82) is 0 Å². The molecule has 2 fully saturated rings. The molecule has 0 radical (unpaired) electrons. The number of likely N-dealkylation sites (tertiary alicyclic amines) is 1. The van der Waals surface area contributed by atoms with E-state index in [1.165, 1.54) is 7.11 Å². The minimum atomic E-state index is -0.750. The third kappa shape index (κ3) is 3.86. The van der Waals surface area contributed by atoms with Crippen LogP contribution >= 0.6 is 0 Å². The molecule has 0 spiro atoms. The van der Waals surface area contributed by atoms with Gasteiger partial charge in [-0.1, -0.05) is 0 Å². The van der Waals surface area contributed by atoms with Crippen molar-refractivity contribution in [2.45, 2.75) is 38.1 Å². The van der Waals surface area contributed by atoms with Crippen LogP contribution in [-0.4, -0.2) is 54.2 Å². The number of amides is 2. The summed E-state index contributed by atoms with van der Waals surface area (Å²) >= 11 is 0. The van der Waals surface area contributed by atoms with E-state index in [1.807, 2.05) is 0 Å². The average Bonchev–Trinajstić information content (AvgIpc) is 2.97. The van der Waals surface area contributed by atoms with E-state index in [9.17, 15) is 14.4 Å². The molecule has 0 aromatic carbocycles. The van der Waals surface area contributed by atoms with Crippen LogP contribution in [0.2, 0.25) is 0 Å². The molecule has 0 bridgehead atoms. The molecule has 7 nitrogen and oxygen atoms in total. The largest absolute Gasteiger partial charge is 0.481 e. The number of carboxylic acids is 1. The number of carbonyl (C=O) groups excluding carboxylic acids is 2. The van der Waals surface area contributed by atoms with Crippen molar-refractivity contribution in [2.75, 3.05) is 20.2 Å². The van der Waals surface area contributed by atoms with Crippen molar-refractivity contribution in [3.8, 4) is 0 Å². The summed E-state index contributed by atoms with van der Waals surface area (Å²) in [5, 5.41) is 11.9. The molecule has 7 heteroatoms. The van der Waals surface area contributed by atoms with Gasteiger partial charge in [0.25, 0.3) is 0 Å². The standard InChI is InChI=1S/C14H22N2O5/c1-21-13(19)10-6-7-16(8-10)14(20)15-11-4-2-9(3-5-11)12(17)18/h9-11H,2-8H2,1H3,(H,15,20)(H,17,18). The topological polar surface area (TPSA) is 95.9 Å². The maximum atomic E-state index is 12.1. The van der Waals surface area contributed by atoms with E-state index < -0.39 is 5.97 Å². The summed E-state index contributed by atoms with van der Waals surface area (Å²) in [6.45, 7) is 0.944. The second-order valence-corrected chi connectivity index (χ2v) is 5.79. The molecule has 0 aromatic heterocycles. The first-order valence-electron chi connectivity index (χ1n) is 7.37. The summed E-state index contributed by atoms with van der Waals surface area (Å²) in [5.41, 5.74) is 0. The highest BCUT2D eigenvalue weighted by molar-refractivity contribution is 5.78. The molecular formula is C14H22N2O5. The van der Waals surface area contributed by atoms with Crippen molar-refractivity contribution in [3.63, 3.8) is 0 Å². The molecule has 1 heterocycles. The Kier molecular flexibility index (Phi) is 5.03. The van der Waals surface area contributed by atoms with Crippen molar-refractivity contribution in [1.82, 2.24) is 10.2 Å². The monoisotopic (exact) mass is 298 g/mol. The van der Waals surface area contributed by atoms with Gasteiger partial charge in [0, 0.05) is 19.1 Å². The Bertz CT molecular complexity index is 418. The van der Waals surface area contributed by atoms with E-state index in [1.54, 1.807) is 4.90 Å².